The van der Waals surface area contributed by atoms with Crippen molar-refractivity contribution in [1.82, 2.24) is 0 Å². The van der Waals surface area contributed by atoms with Gasteiger partial charge in [-0.05, 0) is 38.5 Å². The first-order chi connectivity index (χ1) is 6.46. The standard InChI is InChI=1S/C12H26O2/c1-5-10(11(13)6-2)8-9-12(4,14)7-3/h10-11,13-14H,5-9H2,1-4H3. The van der Waals surface area contributed by atoms with E-state index in [1.54, 1.807) is 0 Å². The summed E-state index contributed by atoms with van der Waals surface area (Å²) in [7, 11) is 0. The zero-order valence-electron chi connectivity index (χ0n) is 10.1. The normalized spacial score (nSPS) is 20.1. The van der Waals surface area contributed by atoms with Crippen LogP contribution in [0, 0.1) is 5.92 Å². The average Bonchev–Trinajstić information content (AvgIpc) is 2.18. The second kappa shape index (κ2) is 6.41. The summed E-state index contributed by atoms with van der Waals surface area (Å²) >= 11 is 0. The molecule has 2 N–H and O–H groups in total. The molecule has 0 spiro atoms. The maximum Gasteiger partial charge on any atom is 0.0617 e. The molecule has 3 unspecified atom stereocenters. The van der Waals surface area contributed by atoms with Crippen LogP contribution < -0.4 is 0 Å². The molecule has 2 heteroatoms. The summed E-state index contributed by atoms with van der Waals surface area (Å²) in [4.78, 5) is 0. The summed E-state index contributed by atoms with van der Waals surface area (Å²) in [6.07, 6.45) is 4.10. The minimum atomic E-state index is -0.555. The van der Waals surface area contributed by atoms with E-state index >= 15 is 0 Å². The molecule has 0 saturated carbocycles. The summed E-state index contributed by atoms with van der Waals surface area (Å²) in [5.41, 5.74) is -0.555. The number of hydrogen-bond acceptors (Lipinski definition) is 2. The molecule has 0 amide bonds. The fraction of sp³-hybridized carbons (Fsp3) is 1.00. The summed E-state index contributed by atoms with van der Waals surface area (Å²) < 4.78 is 0. The first kappa shape index (κ1) is 13.9. The molecule has 0 saturated heterocycles. The monoisotopic (exact) mass is 202 g/mol. The van der Waals surface area contributed by atoms with E-state index in [9.17, 15) is 10.2 Å². The van der Waals surface area contributed by atoms with E-state index in [1.807, 2.05) is 20.8 Å². The highest BCUT2D eigenvalue weighted by atomic mass is 16.3. The van der Waals surface area contributed by atoms with Crippen LogP contribution in [0.4, 0.5) is 0 Å². The van der Waals surface area contributed by atoms with Crippen molar-refractivity contribution >= 4 is 0 Å². The van der Waals surface area contributed by atoms with Gasteiger partial charge in [0.15, 0.2) is 0 Å². The van der Waals surface area contributed by atoms with Gasteiger partial charge in [0.05, 0.1) is 11.7 Å². The van der Waals surface area contributed by atoms with Crippen LogP contribution in [0.3, 0.4) is 0 Å². The average molecular weight is 202 g/mol. The molecule has 0 aliphatic carbocycles. The second-order valence-electron chi connectivity index (χ2n) is 4.53. The molecule has 0 rings (SSSR count). The summed E-state index contributed by atoms with van der Waals surface area (Å²) in [5.74, 6) is 0.345. The van der Waals surface area contributed by atoms with Gasteiger partial charge in [0.2, 0.25) is 0 Å². The van der Waals surface area contributed by atoms with E-state index in [2.05, 4.69) is 6.92 Å². The number of hydrogen-bond donors (Lipinski definition) is 2. The fourth-order valence-corrected chi connectivity index (χ4v) is 1.68. The van der Waals surface area contributed by atoms with Crippen LogP contribution in [-0.2, 0) is 0 Å². The molecule has 0 aromatic carbocycles. The Morgan fingerprint density at radius 3 is 2.07 bits per heavy atom. The number of aliphatic hydroxyl groups is 2. The number of aliphatic hydroxyl groups excluding tert-OH is 1. The van der Waals surface area contributed by atoms with Crippen LogP contribution in [0.1, 0.15) is 59.8 Å². The minimum absolute atomic E-state index is 0.201. The topological polar surface area (TPSA) is 40.5 Å². The van der Waals surface area contributed by atoms with Crippen molar-refractivity contribution < 1.29 is 10.2 Å². The van der Waals surface area contributed by atoms with E-state index in [-0.39, 0.29) is 6.10 Å². The van der Waals surface area contributed by atoms with Gasteiger partial charge in [-0.15, -0.1) is 0 Å². The van der Waals surface area contributed by atoms with Crippen molar-refractivity contribution in [3.63, 3.8) is 0 Å². The van der Waals surface area contributed by atoms with E-state index < -0.39 is 5.60 Å². The van der Waals surface area contributed by atoms with Gasteiger partial charge in [0, 0.05) is 0 Å². The summed E-state index contributed by atoms with van der Waals surface area (Å²) in [6, 6.07) is 0. The lowest BCUT2D eigenvalue weighted by Gasteiger charge is -2.26. The van der Waals surface area contributed by atoms with Crippen molar-refractivity contribution in [3.8, 4) is 0 Å². The van der Waals surface area contributed by atoms with Gasteiger partial charge < -0.3 is 10.2 Å². The smallest absolute Gasteiger partial charge is 0.0617 e. The Balaban J connectivity index is 3.95. The Bertz CT molecular complexity index is 143. The van der Waals surface area contributed by atoms with Gasteiger partial charge in [-0.1, -0.05) is 27.2 Å². The lowest BCUT2D eigenvalue weighted by atomic mass is 9.87. The predicted octanol–water partition coefficient (Wildman–Crippen LogP) is 2.72. The molecular weight excluding hydrogens is 176 g/mol. The fourth-order valence-electron chi connectivity index (χ4n) is 1.68. The molecule has 0 aliphatic rings. The molecule has 14 heavy (non-hydrogen) atoms. The predicted molar refractivity (Wildman–Crippen MR) is 60.2 cm³/mol. The van der Waals surface area contributed by atoms with Crippen LogP contribution in [0.5, 0.6) is 0 Å². The maximum absolute atomic E-state index is 9.84. The van der Waals surface area contributed by atoms with Gasteiger partial charge in [-0.25, -0.2) is 0 Å². The van der Waals surface area contributed by atoms with Crippen LogP contribution in [0.15, 0.2) is 0 Å². The number of rotatable bonds is 7. The van der Waals surface area contributed by atoms with Crippen LogP contribution >= 0.6 is 0 Å². The highest BCUT2D eigenvalue weighted by molar-refractivity contribution is 4.74. The highest BCUT2D eigenvalue weighted by Crippen LogP contribution is 2.24. The Labute approximate surface area is 88.3 Å². The van der Waals surface area contributed by atoms with Gasteiger partial charge in [0.25, 0.3) is 0 Å². The van der Waals surface area contributed by atoms with Crippen LogP contribution in [0.2, 0.25) is 0 Å². The summed E-state index contributed by atoms with van der Waals surface area (Å²) in [6.45, 7) is 7.98. The summed E-state index contributed by atoms with van der Waals surface area (Å²) in [5, 5.41) is 19.5. The van der Waals surface area contributed by atoms with Crippen molar-refractivity contribution in [1.29, 1.82) is 0 Å². The molecule has 0 aromatic rings. The molecule has 2 nitrogen and oxygen atoms in total. The zero-order chi connectivity index (χ0) is 11.2. The maximum atomic E-state index is 9.84. The zero-order valence-corrected chi connectivity index (χ0v) is 10.1. The molecule has 86 valence electrons. The Kier molecular flexibility index (Phi) is 6.38. The van der Waals surface area contributed by atoms with Crippen molar-refractivity contribution in [3.05, 3.63) is 0 Å². The lowest BCUT2D eigenvalue weighted by Crippen LogP contribution is -2.26. The Hall–Kier alpha value is -0.0800. The molecule has 0 aliphatic heterocycles. The molecule has 0 fully saturated rings. The first-order valence-corrected chi connectivity index (χ1v) is 5.87. The highest BCUT2D eigenvalue weighted by Gasteiger charge is 2.22. The van der Waals surface area contributed by atoms with Gasteiger partial charge in [-0.2, -0.15) is 0 Å². The van der Waals surface area contributed by atoms with Gasteiger partial charge >= 0.3 is 0 Å². The van der Waals surface area contributed by atoms with Gasteiger partial charge in [-0.3, -0.25) is 0 Å². The molecular formula is C12H26O2. The quantitative estimate of drug-likeness (QED) is 0.666. The van der Waals surface area contributed by atoms with E-state index in [0.717, 1.165) is 32.1 Å². The van der Waals surface area contributed by atoms with Crippen molar-refractivity contribution in [2.24, 2.45) is 5.92 Å². The molecule has 3 atom stereocenters. The SMILES string of the molecule is CCC(O)C(CC)CCC(C)(O)CC. The van der Waals surface area contributed by atoms with Crippen molar-refractivity contribution in [2.45, 2.75) is 71.5 Å². The first-order valence-electron chi connectivity index (χ1n) is 5.87. The van der Waals surface area contributed by atoms with Crippen LogP contribution in [-0.4, -0.2) is 21.9 Å². The molecule has 0 radical (unpaired) electrons. The van der Waals surface area contributed by atoms with Crippen LogP contribution in [0.25, 0.3) is 0 Å². The largest absolute Gasteiger partial charge is 0.393 e. The molecule has 0 bridgehead atoms. The van der Waals surface area contributed by atoms with E-state index in [1.165, 1.54) is 0 Å². The molecule has 0 heterocycles. The van der Waals surface area contributed by atoms with Crippen molar-refractivity contribution in [2.75, 3.05) is 0 Å². The second-order valence-corrected chi connectivity index (χ2v) is 4.53. The third kappa shape index (κ3) is 4.97. The van der Waals surface area contributed by atoms with E-state index in [0.29, 0.717) is 5.92 Å². The molecule has 0 aromatic heterocycles. The van der Waals surface area contributed by atoms with Gasteiger partial charge in [0.1, 0.15) is 0 Å². The van der Waals surface area contributed by atoms with E-state index in [4.69, 9.17) is 0 Å². The Morgan fingerprint density at radius 2 is 1.71 bits per heavy atom. The minimum Gasteiger partial charge on any atom is -0.393 e. The third-order valence-corrected chi connectivity index (χ3v) is 3.30. The Morgan fingerprint density at radius 1 is 1.14 bits per heavy atom. The third-order valence-electron chi connectivity index (χ3n) is 3.30. The lowest BCUT2D eigenvalue weighted by molar-refractivity contribution is 0.0254.